The van der Waals surface area contributed by atoms with Crippen molar-refractivity contribution < 1.29 is 14.5 Å². The molecule has 0 spiro atoms. The van der Waals surface area contributed by atoms with Gasteiger partial charge in [0.05, 0.1) is 19.0 Å². The molecular formula is C19H26N2O2S. The van der Waals surface area contributed by atoms with Gasteiger partial charge in [-0.3, -0.25) is 9.69 Å². The van der Waals surface area contributed by atoms with E-state index in [4.69, 9.17) is 0 Å². The predicted octanol–water partition coefficient (Wildman–Crippen LogP) is 3.71. The number of hydrogen-bond acceptors (Lipinski definition) is 4. The van der Waals surface area contributed by atoms with Crippen molar-refractivity contribution in [1.82, 2.24) is 0 Å². The quantitative estimate of drug-likeness (QED) is 0.514. The van der Waals surface area contributed by atoms with E-state index in [0.717, 1.165) is 49.6 Å². The molecule has 130 valence electrons. The van der Waals surface area contributed by atoms with Crippen LogP contribution in [0.3, 0.4) is 0 Å². The number of para-hydroxylation sites is 1. The molecule has 1 aromatic heterocycles. The van der Waals surface area contributed by atoms with Gasteiger partial charge < -0.3 is 5.11 Å². The number of thiazole rings is 1. The summed E-state index contributed by atoms with van der Waals surface area (Å²) in [7, 11) is 0. The van der Waals surface area contributed by atoms with E-state index in [2.05, 4.69) is 18.7 Å². The summed E-state index contributed by atoms with van der Waals surface area (Å²) in [5.41, 5.74) is 0.819. The molecule has 0 unspecified atom stereocenters. The Morgan fingerprint density at radius 1 is 1.12 bits per heavy atom. The fourth-order valence-corrected chi connectivity index (χ4v) is 3.70. The van der Waals surface area contributed by atoms with Crippen LogP contribution in [0, 0.1) is 0 Å². The molecule has 0 aliphatic carbocycles. The van der Waals surface area contributed by atoms with Crippen LogP contribution in [0.15, 0.2) is 30.3 Å². The highest BCUT2D eigenvalue weighted by Gasteiger charge is 2.27. The molecule has 0 atom stereocenters. The fraction of sp³-hybridized carbons (Fsp3) is 0.474. The molecule has 4 nitrogen and oxygen atoms in total. The molecule has 0 amide bonds. The third kappa shape index (κ3) is 4.15. The van der Waals surface area contributed by atoms with E-state index in [1.165, 1.54) is 18.3 Å². The number of carbonyl (C=O) groups excluding carboxylic acids is 1. The van der Waals surface area contributed by atoms with Gasteiger partial charge in [0.2, 0.25) is 0 Å². The lowest BCUT2D eigenvalue weighted by atomic mass is 10.2. The van der Waals surface area contributed by atoms with Gasteiger partial charge in [-0.2, -0.15) is 4.57 Å². The number of carbonyl (C=O) groups is 1. The van der Waals surface area contributed by atoms with Crippen molar-refractivity contribution >= 4 is 22.3 Å². The lowest BCUT2D eigenvalue weighted by molar-refractivity contribution is -0.635. The van der Waals surface area contributed by atoms with Gasteiger partial charge >= 0.3 is 5.13 Å². The summed E-state index contributed by atoms with van der Waals surface area (Å²) in [5.74, 6) is -0.362. The number of unbranched alkanes of at least 4 members (excludes halogenated alkanes) is 2. The second kappa shape index (κ2) is 8.83. The average molecular weight is 346 g/mol. The first kappa shape index (κ1) is 18.5. The first-order chi connectivity index (χ1) is 11.6. The van der Waals surface area contributed by atoms with Crippen LogP contribution in [0.25, 0.3) is 5.69 Å². The largest absolute Gasteiger partial charge is 0.841 e. The summed E-state index contributed by atoms with van der Waals surface area (Å²) in [6, 6.07) is 9.59. The molecule has 0 aliphatic rings. The van der Waals surface area contributed by atoms with Crippen molar-refractivity contribution in [3.05, 3.63) is 35.2 Å². The Hall–Kier alpha value is -1.88. The van der Waals surface area contributed by atoms with Gasteiger partial charge in [-0.15, -0.1) is 0 Å². The zero-order valence-corrected chi connectivity index (χ0v) is 15.6. The molecule has 2 aromatic rings. The van der Waals surface area contributed by atoms with Crippen molar-refractivity contribution in [3.8, 4) is 11.6 Å². The summed E-state index contributed by atoms with van der Waals surface area (Å²) >= 11 is 1.32. The van der Waals surface area contributed by atoms with E-state index in [1.54, 1.807) is 4.57 Å². The Morgan fingerprint density at radius 2 is 1.71 bits per heavy atom. The van der Waals surface area contributed by atoms with Crippen LogP contribution in [0.1, 0.15) is 56.1 Å². The van der Waals surface area contributed by atoms with Gasteiger partial charge in [0, 0.05) is 6.92 Å². The van der Waals surface area contributed by atoms with E-state index < -0.39 is 0 Å². The van der Waals surface area contributed by atoms with Crippen LogP contribution in [-0.2, 0) is 0 Å². The maximum atomic E-state index is 12.8. The Balaban J connectivity index is 2.52. The molecule has 0 N–H and O–H groups in total. The highest BCUT2D eigenvalue weighted by Crippen LogP contribution is 2.30. The molecule has 0 bridgehead atoms. The van der Waals surface area contributed by atoms with E-state index in [-0.39, 0.29) is 11.7 Å². The first-order valence-corrected chi connectivity index (χ1v) is 9.48. The summed E-state index contributed by atoms with van der Waals surface area (Å²) in [6.45, 7) is 7.60. The molecule has 2 rings (SSSR count). The van der Waals surface area contributed by atoms with Gasteiger partial charge in [-0.25, -0.2) is 0 Å². The van der Waals surface area contributed by atoms with Crippen molar-refractivity contribution in [1.29, 1.82) is 0 Å². The van der Waals surface area contributed by atoms with Gasteiger partial charge in [0.15, 0.2) is 5.78 Å². The number of aromatic nitrogens is 1. The Labute approximate surface area is 148 Å². The fourth-order valence-electron chi connectivity index (χ4n) is 2.60. The lowest BCUT2D eigenvalue weighted by Crippen LogP contribution is -2.41. The Bertz CT molecular complexity index is 660. The van der Waals surface area contributed by atoms with Crippen LogP contribution in [0.2, 0.25) is 0 Å². The number of Topliss-reactive ketones (excluding diaryl/α,β-unsaturated/α-hetero) is 1. The van der Waals surface area contributed by atoms with Crippen molar-refractivity contribution in [2.45, 2.75) is 46.5 Å². The highest BCUT2D eigenvalue weighted by atomic mass is 32.1. The molecule has 24 heavy (non-hydrogen) atoms. The van der Waals surface area contributed by atoms with Crippen molar-refractivity contribution in [2.24, 2.45) is 0 Å². The number of ketones is 1. The summed E-state index contributed by atoms with van der Waals surface area (Å²) in [6.07, 6.45) is 4.34. The smallest absolute Gasteiger partial charge is 0.341 e. The Morgan fingerprint density at radius 3 is 2.21 bits per heavy atom. The van der Waals surface area contributed by atoms with E-state index in [1.807, 2.05) is 30.3 Å². The number of benzene rings is 1. The second-order valence-corrected chi connectivity index (χ2v) is 6.92. The second-order valence-electron chi connectivity index (χ2n) is 5.94. The maximum Gasteiger partial charge on any atom is 0.341 e. The number of hydrogen-bond donors (Lipinski definition) is 0. The first-order valence-electron chi connectivity index (χ1n) is 8.67. The molecule has 0 saturated heterocycles. The van der Waals surface area contributed by atoms with Crippen molar-refractivity contribution in [3.63, 3.8) is 0 Å². The zero-order chi connectivity index (χ0) is 17.5. The van der Waals surface area contributed by atoms with Crippen molar-refractivity contribution in [2.75, 3.05) is 18.0 Å². The molecule has 0 saturated carbocycles. The summed E-state index contributed by atoms with van der Waals surface area (Å²) in [5, 5.41) is 13.7. The standard InChI is InChI=1S/C19H26N2O2S/c1-4-6-13-20(14-7-5-2)19-21(16-11-9-8-10-12-16)18(23)17(24-19)15(3)22/h8-12H,4-7,13-14H2,1-3H3. The molecule has 1 heterocycles. The van der Waals surface area contributed by atoms with E-state index in [9.17, 15) is 9.90 Å². The molecular weight excluding hydrogens is 320 g/mol. The molecule has 5 heteroatoms. The van der Waals surface area contributed by atoms with Crippen LogP contribution >= 0.6 is 11.3 Å². The summed E-state index contributed by atoms with van der Waals surface area (Å²) < 4.78 is 1.70. The molecule has 0 aliphatic heterocycles. The van der Waals surface area contributed by atoms with Crippen LogP contribution in [-0.4, -0.2) is 18.9 Å². The van der Waals surface area contributed by atoms with Crippen LogP contribution in [0.4, 0.5) is 5.13 Å². The summed E-state index contributed by atoms with van der Waals surface area (Å²) in [4.78, 5) is 14.5. The van der Waals surface area contributed by atoms with Crippen LogP contribution < -0.4 is 14.6 Å². The van der Waals surface area contributed by atoms with Crippen LogP contribution in [0.5, 0.6) is 5.88 Å². The average Bonchev–Trinajstić information content (AvgIpc) is 2.93. The topological polar surface area (TPSA) is 47.3 Å². The minimum Gasteiger partial charge on any atom is -0.841 e. The van der Waals surface area contributed by atoms with E-state index >= 15 is 0 Å². The zero-order valence-electron chi connectivity index (χ0n) is 14.7. The highest BCUT2D eigenvalue weighted by molar-refractivity contribution is 7.17. The van der Waals surface area contributed by atoms with Gasteiger partial charge in [-0.1, -0.05) is 44.9 Å². The number of anilines is 1. The minimum absolute atomic E-state index is 0.160. The number of rotatable bonds is 9. The maximum absolute atomic E-state index is 12.8. The third-order valence-corrected chi connectivity index (χ3v) is 5.24. The third-order valence-electron chi connectivity index (χ3n) is 3.95. The van der Waals surface area contributed by atoms with Gasteiger partial charge in [0.25, 0.3) is 0 Å². The lowest BCUT2D eigenvalue weighted by Gasteiger charge is -2.18. The molecule has 0 radical (unpaired) electrons. The molecule has 1 aromatic carbocycles. The van der Waals surface area contributed by atoms with E-state index in [0.29, 0.717) is 4.88 Å². The van der Waals surface area contributed by atoms with Gasteiger partial charge in [-0.05, 0) is 36.3 Å². The van der Waals surface area contributed by atoms with Gasteiger partial charge in [0.1, 0.15) is 10.6 Å². The minimum atomic E-state index is -0.202. The normalized spacial score (nSPS) is 10.8. The SMILES string of the molecule is CCCCN(CCCC)c1sc(C(C)=O)c([O-])[n+]1-c1ccccc1. The monoisotopic (exact) mass is 346 g/mol. The molecule has 0 fully saturated rings. The predicted molar refractivity (Wildman–Crippen MR) is 97.3 cm³/mol. The number of nitrogens with zero attached hydrogens (tertiary/aromatic N) is 2. The Kier molecular flexibility index (Phi) is 6.79.